The molecule has 1 aromatic rings. The number of carboxylic acid groups (broad SMARTS) is 1. The summed E-state index contributed by atoms with van der Waals surface area (Å²) in [4.78, 5) is 14.5. The van der Waals surface area contributed by atoms with Crippen molar-refractivity contribution in [3.63, 3.8) is 0 Å². The molecule has 1 heterocycles. The molecule has 98 valence electrons. The van der Waals surface area contributed by atoms with Crippen molar-refractivity contribution in [3.05, 3.63) is 30.1 Å². The number of hydrogen-bond acceptors (Lipinski definition) is 4. The second kappa shape index (κ2) is 5.03. The van der Waals surface area contributed by atoms with Crippen LogP contribution in [0.3, 0.4) is 0 Å². The van der Waals surface area contributed by atoms with Crippen LogP contribution in [0.5, 0.6) is 0 Å². The van der Waals surface area contributed by atoms with Gasteiger partial charge < -0.3 is 5.11 Å². The topological polar surface area (TPSA) is 87.6 Å². The molecule has 2 rings (SSSR count). The van der Waals surface area contributed by atoms with Gasteiger partial charge in [0.05, 0.1) is 0 Å². The normalized spacial score (nSPS) is 15.8. The fourth-order valence-corrected chi connectivity index (χ4v) is 3.22. The number of aromatic nitrogens is 1. The number of carboxylic acids is 1. The van der Waals surface area contributed by atoms with Crippen molar-refractivity contribution in [2.45, 2.75) is 25.4 Å². The number of hydrogen-bond donors (Lipinski definition) is 1. The summed E-state index contributed by atoms with van der Waals surface area (Å²) in [6, 6.07) is 3.44. The Morgan fingerprint density at radius 2 is 2.22 bits per heavy atom. The summed E-state index contributed by atoms with van der Waals surface area (Å²) in [5.41, 5.74) is 0.762. The van der Waals surface area contributed by atoms with Gasteiger partial charge in [0.15, 0.2) is 5.75 Å². The van der Waals surface area contributed by atoms with Crippen LogP contribution in [-0.4, -0.2) is 40.6 Å². The van der Waals surface area contributed by atoms with Gasteiger partial charge in [-0.25, -0.2) is 8.42 Å². The molecule has 0 bridgehead atoms. The van der Waals surface area contributed by atoms with E-state index in [9.17, 15) is 13.2 Å². The number of sulfonamides is 1. The fourth-order valence-electron chi connectivity index (χ4n) is 1.73. The van der Waals surface area contributed by atoms with E-state index in [1.54, 1.807) is 24.5 Å². The lowest BCUT2D eigenvalue weighted by molar-refractivity contribution is -0.134. The first-order valence-electron chi connectivity index (χ1n) is 5.59. The average Bonchev–Trinajstić information content (AvgIpc) is 3.09. The van der Waals surface area contributed by atoms with Gasteiger partial charge >= 0.3 is 5.97 Å². The lowest BCUT2D eigenvalue weighted by atomic mass is 10.3. The molecule has 0 aliphatic heterocycles. The molecule has 0 amide bonds. The Hall–Kier alpha value is -1.47. The maximum absolute atomic E-state index is 12.0. The maximum Gasteiger partial charge on any atom is 0.320 e. The summed E-state index contributed by atoms with van der Waals surface area (Å²) in [6.07, 6.45) is 4.78. The maximum atomic E-state index is 12.0. The number of rotatable bonds is 6. The van der Waals surface area contributed by atoms with E-state index in [2.05, 4.69) is 4.98 Å². The zero-order valence-corrected chi connectivity index (χ0v) is 10.5. The Bertz CT molecular complexity index is 525. The minimum Gasteiger partial charge on any atom is -0.480 e. The van der Waals surface area contributed by atoms with Gasteiger partial charge in [0.1, 0.15) is 0 Å². The molecule has 18 heavy (non-hydrogen) atoms. The Morgan fingerprint density at radius 1 is 1.50 bits per heavy atom. The molecule has 0 spiro atoms. The Labute approximate surface area is 105 Å². The van der Waals surface area contributed by atoms with Crippen LogP contribution in [0.1, 0.15) is 18.4 Å². The number of nitrogens with zero attached hydrogens (tertiary/aromatic N) is 2. The molecule has 0 atom stereocenters. The Balaban J connectivity index is 2.16. The number of carbonyl (C=O) groups is 1. The average molecular weight is 270 g/mol. The summed E-state index contributed by atoms with van der Waals surface area (Å²) in [5, 5.41) is 8.65. The second-order valence-electron chi connectivity index (χ2n) is 4.29. The molecule has 1 N–H and O–H groups in total. The van der Waals surface area contributed by atoms with Crippen LogP contribution < -0.4 is 0 Å². The molecule has 7 heteroatoms. The van der Waals surface area contributed by atoms with Gasteiger partial charge in [-0.2, -0.15) is 4.31 Å². The van der Waals surface area contributed by atoms with E-state index in [0.29, 0.717) is 0 Å². The first kappa shape index (κ1) is 13.0. The highest BCUT2D eigenvalue weighted by molar-refractivity contribution is 7.89. The monoisotopic (exact) mass is 270 g/mol. The molecule has 0 unspecified atom stereocenters. The smallest absolute Gasteiger partial charge is 0.320 e. The number of pyridine rings is 1. The molecule has 1 saturated carbocycles. The molecule has 1 aromatic heterocycles. The molecule has 1 fully saturated rings. The quantitative estimate of drug-likeness (QED) is 0.811. The third-order valence-electron chi connectivity index (χ3n) is 2.68. The molecule has 6 nitrogen and oxygen atoms in total. The van der Waals surface area contributed by atoms with Crippen LogP contribution in [-0.2, 0) is 21.4 Å². The number of aliphatic carboxylic acids is 1. The summed E-state index contributed by atoms with van der Waals surface area (Å²) < 4.78 is 25.2. The van der Waals surface area contributed by atoms with E-state index in [4.69, 9.17) is 5.11 Å². The Morgan fingerprint density at radius 3 is 2.72 bits per heavy atom. The van der Waals surface area contributed by atoms with Gasteiger partial charge in [0.25, 0.3) is 0 Å². The molecule has 0 aromatic carbocycles. The van der Waals surface area contributed by atoms with Crippen LogP contribution in [0.15, 0.2) is 24.5 Å². The van der Waals surface area contributed by atoms with Gasteiger partial charge in [-0.05, 0) is 24.5 Å². The zero-order valence-electron chi connectivity index (χ0n) is 9.69. The van der Waals surface area contributed by atoms with Crippen molar-refractivity contribution in [1.29, 1.82) is 0 Å². The molecule has 0 saturated heterocycles. The second-order valence-corrected chi connectivity index (χ2v) is 6.21. The van der Waals surface area contributed by atoms with E-state index in [1.165, 1.54) is 4.31 Å². The highest BCUT2D eigenvalue weighted by atomic mass is 32.2. The minimum absolute atomic E-state index is 0.0606. The molecule has 1 aliphatic carbocycles. The van der Waals surface area contributed by atoms with Crippen LogP contribution in [0, 0.1) is 0 Å². The largest absolute Gasteiger partial charge is 0.480 e. The van der Waals surface area contributed by atoms with Gasteiger partial charge in [-0.15, -0.1) is 0 Å². The SMILES string of the molecule is O=C(O)CS(=O)(=O)N(Cc1cccnc1)C1CC1. The van der Waals surface area contributed by atoms with Crippen LogP contribution >= 0.6 is 0 Å². The van der Waals surface area contributed by atoms with Crippen molar-refractivity contribution in [3.8, 4) is 0 Å². The van der Waals surface area contributed by atoms with Crippen LogP contribution in [0.25, 0.3) is 0 Å². The summed E-state index contributed by atoms with van der Waals surface area (Å²) >= 11 is 0. The highest BCUT2D eigenvalue weighted by Crippen LogP contribution is 2.30. The van der Waals surface area contributed by atoms with Crippen molar-refractivity contribution in [2.75, 3.05) is 5.75 Å². The van der Waals surface area contributed by atoms with Gasteiger partial charge in [-0.1, -0.05) is 6.07 Å². The fraction of sp³-hybridized carbons (Fsp3) is 0.455. The van der Waals surface area contributed by atoms with Crippen molar-refractivity contribution in [2.24, 2.45) is 0 Å². The van der Waals surface area contributed by atoms with E-state index in [-0.39, 0.29) is 12.6 Å². The first-order valence-corrected chi connectivity index (χ1v) is 7.20. The van der Waals surface area contributed by atoms with Gasteiger partial charge in [0, 0.05) is 25.0 Å². The summed E-state index contributed by atoms with van der Waals surface area (Å²) in [5.74, 6) is -2.18. The van der Waals surface area contributed by atoms with E-state index >= 15 is 0 Å². The van der Waals surface area contributed by atoms with E-state index in [0.717, 1.165) is 18.4 Å². The van der Waals surface area contributed by atoms with Crippen LogP contribution in [0.2, 0.25) is 0 Å². The highest BCUT2D eigenvalue weighted by Gasteiger charge is 2.38. The van der Waals surface area contributed by atoms with Crippen molar-refractivity contribution in [1.82, 2.24) is 9.29 Å². The summed E-state index contributed by atoms with van der Waals surface area (Å²) in [6.45, 7) is 0.189. The van der Waals surface area contributed by atoms with Gasteiger partial charge in [-0.3, -0.25) is 9.78 Å². The summed E-state index contributed by atoms with van der Waals surface area (Å²) in [7, 11) is -3.75. The van der Waals surface area contributed by atoms with Crippen LogP contribution in [0.4, 0.5) is 0 Å². The van der Waals surface area contributed by atoms with E-state index < -0.39 is 21.7 Å². The predicted molar refractivity (Wildman–Crippen MR) is 64.2 cm³/mol. The lowest BCUT2D eigenvalue weighted by Crippen LogP contribution is -2.36. The predicted octanol–water partition coefficient (Wildman–Crippen LogP) is 0.460. The first-order chi connectivity index (χ1) is 8.49. The van der Waals surface area contributed by atoms with Crippen molar-refractivity contribution < 1.29 is 18.3 Å². The molecule has 1 aliphatic rings. The lowest BCUT2D eigenvalue weighted by Gasteiger charge is -2.20. The van der Waals surface area contributed by atoms with Crippen molar-refractivity contribution >= 4 is 16.0 Å². The molecular formula is C11H14N2O4S. The standard InChI is InChI=1S/C11H14N2O4S/c14-11(15)8-18(16,17)13(10-3-4-10)7-9-2-1-5-12-6-9/h1-2,5-6,10H,3-4,7-8H2,(H,14,15). The third-order valence-corrected chi connectivity index (χ3v) is 4.43. The Kier molecular flexibility index (Phi) is 3.63. The minimum atomic E-state index is -3.75. The molecule has 0 radical (unpaired) electrons. The van der Waals surface area contributed by atoms with E-state index in [1.807, 2.05) is 0 Å². The zero-order chi connectivity index (χ0) is 13.2. The third kappa shape index (κ3) is 3.27. The van der Waals surface area contributed by atoms with Gasteiger partial charge in [0.2, 0.25) is 10.0 Å². The molecular weight excluding hydrogens is 256 g/mol.